The van der Waals surface area contributed by atoms with Gasteiger partial charge in [-0.2, -0.15) is 0 Å². The van der Waals surface area contributed by atoms with Gasteiger partial charge in [0.2, 0.25) is 0 Å². The average molecular weight is 434 g/mol. The maximum atomic E-state index is 12.3. The zero-order valence-electron chi connectivity index (χ0n) is 16.8. The maximum Gasteiger partial charge on any atom is 0.269 e. The van der Waals surface area contributed by atoms with Gasteiger partial charge in [0.25, 0.3) is 23.4 Å². The van der Waals surface area contributed by atoms with E-state index in [1.807, 2.05) is 0 Å². The van der Waals surface area contributed by atoms with E-state index in [0.717, 1.165) is 0 Å². The highest BCUT2D eigenvalue weighted by atomic mass is 16.6. The van der Waals surface area contributed by atoms with Gasteiger partial charge in [-0.25, -0.2) is 0 Å². The van der Waals surface area contributed by atoms with Crippen LogP contribution in [0.15, 0.2) is 72.8 Å². The van der Waals surface area contributed by atoms with Crippen molar-refractivity contribution in [3.05, 3.63) is 99.6 Å². The number of nitro groups is 1. The van der Waals surface area contributed by atoms with Crippen molar-refractivity contribution in [1.29, 1.82) is 0 Å². The monoisotopic (exact) mass is 434 g/mol. The third-order valence-corrected chi connectivity index (χ3v) is 4.39. The van der Waals surface area contributed by atoms with Crippen LogP contribution in [0.3, 0.4) is 0 Å². The second kappa shape index (κ2) is 9.85. The first-order valence-corrected chi connectivity index (χ1v) is 9.28. The fourth-order valence-electron chi connectivity index (χ4n) is 2.64. The van der Waals surface area contributed by atoms with Gasteiger partial charge in [-0.3, -0.25) is 35.3 Å². The summed E-state index contributed by atoms with van der Waals surface area (Å²) in [4.78, 5) is 46.6. The number of ether oxygens (including phenoxy) is 1. The molecule has 3 aromatic rings. The van der Waals surface area contributed by atoms with Crippen molar-refractivity contribution in [3.8, 4) is 5.75 Å². The lowest BCUT2D eigenvalue weighted by Gasteiger charge is -2.09. The zero-order valence-corrected chi connectivity index (χ0v) is 16.8. The van der Waals surface area contributed by atoms with Crippen LogP contribution in [0.2, 0.25) is 0 Å². The Kier molecular flexibility index (Phi) is 6.76. The predicted molar refractivity (Wildman–Crippen MR) is 115 cm³/mol. The Morgan fingerprint density at radius 3 is 1.62 bits per heavy atom. The molecule has 3 aromatic carbocycles. The normalized spacial score (nSPS) is 10.0. The van der Waals surface area contributed by atoms with Crippen LogP contribution < -0.4 is 20.9 Å². The second-order valence-electron chi connectivity index (χ2n) is 6.47. The standard InChI is InChI=1S/C22H18N4O6/c1-32-19-12-6-14(7-13-19)20(27)23-17-8-2-15(3-9-17)21(28)24-25-22(29)16-4-10-18(11-5-16)26(30)31/h2-13H,1H3,(H,23,27)(H,24,28)(H,25,29). The molecule has 0 aromatic heterocycles. The van der Waals surface area contributed by atoms with Gasteiger partial charge in [0.15, 0.2) is 0 Å². The lowest BCUT2D eigenvalue weighted by atomic mass is 10.1. The van der Waals surface area contributed by atoms with Gasteiger partial charge in [0.1, 0.15) is 5.75 Å². The van der Waals surface area contributed by atoms with E-state index in [1.54, 1.807) is 36.4 Å². The first-order chi connectivity index (χ1) is 15.4. The van der Waals surface area contributed by atoms with E-state index in [-0.39, 0.29) is 22.7 Å². The van der Waals surface area contributed by atoms with E-state index in [1.165, 1.54) is 43.5 Å². The van der Waals surface area contributed by atoms with E-state index < -0.39 is 16.7 Å². The molecule has 0 unspecified atom stereocenters. The number of nitro benzene ring substituents is 1. The summed E-state index contributed by atoms with van der Waals surface area (Å²) in [5.74, 6) is -0.886. The SMILES string of the molecule is COc1ccc(C(=O)Nc2ccc(C(=O)NNC(=O)c3ccc([N+](=O)[O-])cc3)cc2)cc1. The summed E-state index contributed by atoms with van der Waals surface area (Å²) in [5, 5.41) is 13.4. The largest absolute Gasteiger partial charge is 0.497 e. The minimum absolute atomic E-state index is 0.146. The Balaban J connectivity index is 1.54. The number of rotatable bonds is 6. The summed E-state index contributed by atoms with van der Waals surface area (Å²) < 4.78 is 5.06. The molecule has 0 radical (unpaired) electrons. The molecule has 10 heteroatoms. The number of non-ortho nitro benzene ring substituents is 1. The molecular formula is C22H18N4O6. The summed E-state index contributed by atoms with van der Waals surface area (Å²) in [7, 11) is 1.54. The lowest BCUT2D eigenvalue weighted by Crippen LogP contribution is -2.41. The number of carbonyl (C=O) groups excluding carboxylic acids is 3. The fraction of sp³-hybridized carbons (Fsp3) is 0.0455. The van der Waals surface area contributed by atoms with Crippen LogP contribution in [0.1, 0.15) is 31.1 Å². The molecule has 0 saturated heterocycles. The van der Waals surface area contributed by atoms with E-state index in [0.29, 0.717) is 17.0 Å². The molecule has 162 valence electrons. The molecular weight excluding hydrogens is 416 g/mol. The van der Waals surface area contributed by atoms with Gasteiger partial charge >= 0.3 is 0 Å². The topological polar surface area (TPSA) is 140 Å². The van der Waals surface area contributed by atoms with Crippen molar-refractivity contribution in [2.75, 3.05) is 12.4 Å². The Bertz CT molecular complexity index is 1140. The minimum atomic E-state index is -0.628. The van der Waals surface area contributed by atoms with Crippen molar-refractivity contribution < 1.29 is 24.0 Å². The first-order valence-electron chi connectivity index (χ1n) is 9.28. The van der Waals surface area contributed by atoms with Crippen LogP contribution in [0, 0.1) is 10.1 Å². The van der Waals surface area contributed by atoms with Gasteiger partial charge < -0.3 is 10.1 Å². The van der Waals surface area contributed by atoms with Crippen molar-refractivity contribution in [2.45, 2.75) is 0 Å². The van der Waals surface area contributed by atoms with Crippen LogP contribution in [0.5, 0.6) is 5.75 Å². The van der Waals surface area contributed by atoms with Crippen molar-refractivity contribution in [2.24, 2.45) is 0 Å². The molecule has 10 nitrogen and oxygen atoms in total. The molecule has 0 saturated carbocycles. The Labute approximate surface area is 182 Å². The number of amides is 3. The van der Waals surface area contributed by atoms with Crippen LogP contribution in [0.4, 0.5) is 11.4 Å². The number of hydrogen-bond donors (Lipinski definition) is 3. The highest BCUT2D eigenvalue weighted by Gasteiger charge is 2.12. The van der Waals surface area contributed by atoms with Gasteiger partial charge in [-0.15, -0.1) is 0 Å². The molecule has 32 heavy (non-hydrogen) atoms. The molecule has 0 heterocycles. The minimum Gasteiger partial charge on any atom is -0.497 e. The van der Waals surface area contributed by atoms with Gasteiger partial charge in [-0.1, -0.05) is 0 Å². The summed E-state index contributed by atoms with van der Waals surface area (Å²) in [6, 6.07) is 17.6. The summed E-state index contributed by atoms with van der Waals surface area (Å²) >= 11 is 0. The van der Waals surface area contributed by atoms with Gasteiger partial charge in [-0.05, 0) is 60.7 Å². The smallest absolute Gasteiger partial charge is 0.269 e. The molecule has 0 aliphatic rings. The number of nitrogens with zero attached hydrogens (tertiary/aromatic N) is 1. The van der Waals surface area contributed by atoms with Crippen molar-refractivity contribution in [1.82, 2.24) is 10.9 Å². The molecule has 0 fully saturated rings. The van der Waals surface area contributed by atoms with E-state index >= 15 is 0 Å². The quantitative estimate of drug-likeness (QED) is 0.403. The summed E-state index contributed by atoms with van der Waals surface area (Å²) in [6.07, 6.45) is 0. The number of carbonyl (C=O) groups is 3. The molecule has 0 aliphatic heterocycles. The number of hydrazine groups is 1. The lowest BCUT2D eigenvalue weighted by molar-refractivity contribution is -0.384. The molecule has 3 amide bonds. The summed E-state index contributed by atoms with van der Waals surface area (Å²) in [5.41, 5.74) is 5.67. The zero-order chi connectivity index (χ0) is 23.1. The van der Waals surface area contributed by atoms with Crippen molar-refractivity contribution >= 4 is 29.1 Å². The Hall–Kier alpha value is -4.73. The van der Waals surface area contributed by atoms with Crippen LogP contribution in [0.25, 0.3) is 0 Å². The molecule has 0 aliphatic carbocycles. The summed E-state index contributed by atoms with van der Waals surface area (Å²) in [6.45, 7) is 0. The highest BCUT2D eigenvalue weighted by molar-refractivity contribution is 6.04. The third kappa shape index (κ3) is 5.45. The number of hydrogen-bond acceptors (Lipinski definition) is 6. The van der Waals surface area contributed by atoms with Gasteiger partial charge in [0.05, 0.1) is 12.0 Å². The Morgan fingerprint density at radius 2 is 1.16 bits per heavy atom. The van der Waals surface area contributed by atoms with E-state index in [9.17, 15) is 24.5 Å². The molecule has 0 spiro atoms. The number of methoxy groups -OCH3 is 1. The van der Waals surface area contributed by atoms with E-state index in [4.69, 9.17) is 4.74 Å². The maximum absolute atomic E-state index is 12.3. The molecule has 0 bridgehead atoms. The van der Waals surface area contributed by atoms with Crippen molar-refractivity contribution in [3.63, 3.8) is 0 Å². The fourth-order valence-corrected chi connectivity index (χ4v) is 2.64. The highest BCUT2D eigenvalue weighted by Crippen LogP contribution is 2.15. The number of anilines is 1. The predicted octanol–water partition coefficient (Wildman–Crippen LogP) is 2.93. The first kappa shape index (κ1) is 22.0. The van der Waals surface area contributed by atoms with E-state index in [2.05, 4.69) is 16.2 Å². The average Bonchev–Trinajstić information content (AvgIpc) is 2.82. The second-order valence-corrected chi connectivity index (χ2v) is 6.47. The molecule has 0 atom stereocenters. The molecule has 3 N–H and O–H groups in total. The van der Waals surface area contributed by atoms with Crippen LogP contribution >= 0.6 is 0 Å². The van der Waals surface area contributed by atoms with Crippen LogP contribution in [-0.2, 0) is 0 Å². The number of benzene rings is 3. The molecule has 3 rings (SSSR count). The van der Waals surface area contributed by atoms with Crippen LogP contribution in [-0.4, -0.2) is 29.8 Å². The van der Waals surface area contributed by atoms with Gasteiger partial charge in [0, 0.05) is 34.5 Å². The number of nitrogens with one attached hydrogen (secondary N) is 3. The Morgan fingerprint density at radius 1 is 0.719 bits per heavy atom. The third-order valence-electron chi connectivity index (χ3n) is 4.39.